The third kappa shape index (κ3) is 2.65. The summed E-state index contributed by atoms with van der Waals surface area (Å²) in [5.74, 6) is -1.65. The molecule has 2 aliphatic rings. The molecule has 0 unspecified atom stereocenters. The number of hydrogen-bond acceptors (Lipinski definition) is 5. The lowest BCUT2D eigenvalue weighted by molar-refractivity contribution is -0.128. The Labute approximate surface area is 163 Å². The van der Waals surface area contributed by atoms with Gasteiger partial charge >= 0.3 is 0 Å². The van der Waals surface area contributed by atoms with Gasteiger partial charge in [-0.3, -0.25) is 14.4 Å². The lowest BCUT2D eigenvalue weighted by Gasteiger charge is -2.23. The van der Waals surface area contributed by atoms with E-state index in [1.165, 1.54) is 0 Å². The second kappa shape index (κ2) is 6.35. The van der Waals surface area contributed by atoms with Gasteiger partial charge in [0.2, 0.25) is 0 Å². The lowest BCUT2D eigenvalue weighted by Crippen LogP contribution is -2.48. The van der Waals surface area contributed by atoms with Crippen molar-refractivity contribution in [1.82, 2.24) is 10.0 Å². The minimum Gasteiger partial charge on any atom is -0.267 e. The van der Waals surface area contributed by atoms with Crippen molar-refractivity contribution >= 4 is 63.7 Å². The summed E-state index contributed by atoms with van der Waals surface area (Å²) >= 11 is 12.2. The molecule has 3 amide bonds. The Kier molecular flexibility index (Phi) is 4.14. The molecular weight excluding hydrogens is 392 g/mol. The Morgan fingerprint density at radius 1 is 0.885 bits per heavy atom. The SMILES string of the molecule is O=C1/C(=C/c2cccc(Cl)c2)SC(=S)N1N1C(=O)c2ccccc2C1=O. The number of hydrogen-bond donors (Lipinski definition) is 0. The third-order valence-corrected chi connectivity index (χ3v) is 5.41. The number of thioether (sulfide) groups is 1. The Morgan fingerprint density at radius 3 is 2.15 bits per heavy atom. The molecular formula is C18H9ClN2O3S2. The van der Waals surface area contributed by atoms with Gasteiger partial charge in [-0.2, -0.15) is 10.0 Å². The van der Waals surface area contributed by atoms with E-state index in [0.717, 1.165) is 27.3 Å². The molecule has 0 aliphatic carbocycles. The Morgan fingerprint density at radius 2 is 1.54 bits per heavy atom. The number of benzene rings is 2. The fourth-order valence-corrected chi connectivity index (χ4v) is 4.18. The van der Waals surface area contributed by atoms with E-state index in [9.17, 15) is 14.4 Å². The molecule has 26 heavy (non-hydrogen) atoms. The van der Waals surface area contributed by atoms with E-state index in [2.05, 4.69) is 0 Å². The zero-order chi connectivity index (χ0) is 18.4. The monoisotopic (exact) mass is 400 g/mol. The van der Waals surface area contributed by atoms with E-state index >= 15 is 0 Å². The number of amides is 3. The zero-order valence-electron chi connectivity index (χ0n) is 13.0. The van der Waals surface area contributed by atoms with Crippen molar-refractivity contribution in [2.24, 2.45) is 0 Å². The number of nitrogens with zero attached hydrogens (tertiary/aromatic N) is 2. The number of fused-ring (bicyclic) bond motifs is 1. The molecule has 8 heteroatoms. The van der Waals surface area contributed by atoms with Crippen molar-refractivity contribution in [1.29, 1.82) is 0 Å². The summed E-state index contributed by atoms with van der Waals surface area (Å²) in [7, 11) is 0. The van der Waals surface area contributed by atoms with Crippen LogP contribution < -0.4 is 0 Å². The molecule has 0 aromatic heterocycles. The summed E-state index contributed by atoms with van der Waals surface area (Å²) in [4.78, 5) is 38.3. The number of rotatable bonds is 2. The molecule has 0 N–H and O–H groups in total. The van der Waals surface area contributed by atoms with Crippen LogP contribution in [-0.4, -0.2) is 32.1 Å². The molecule has 5 nitrogen and oxygen atoms in total. The molecule has 2 aromatic carbocycles. The maximum absolute atomic E-state index is 12.8. The zero-order valence-corrected chi connectivity index (χ0v) is 15.4. The number of thiocarbonyl (C=S) groups is 1. The number of carbonyl (C=O) groups is 3. The fraction of sp³-hybridized carbons (Fsp3) is 0. The summed E-state index contributed by atoms with van der Waals surface area (Å²) in [6.45, 7) is 0. The highest BCUT2D eigenvalue weighted by atomic mass is 35.5. The van der Waals surface area contributed by atoms with Crippen LogP contribution in [0.2, 0.25) is 5.02 Å². The van der Waals surface area contributed by atoms with E-state index in [-0.39, 0.29) is 15.4 Å². The molecule has 2 aromatic rings. The molecule has 0 atom stereocenters. The molecule has 0 saturated carbocycles. The van der Waals surface area contributed by atoms with Gasteiger partial charge in [-0.25, -0.2) is 0 Å². The van der Waals surface area contributed by atoms with Gasteiger partial charge in [0, 0.05) is 5.02 Å². The highest BCUT2D eigenvalue weighted by molar-refractivity contribution is 8.26. The molecule has 2 aliphatic heterocycles. The molecule has 128 valence electrons. The molecule has 2 heterocycles. The van der Waals surface area contributed by atoms with E-state index in [4.69, 9.17) is 23.8 Å². The number of carbonyl (C=O) groups excluding carboxylic acids is 3. The number of halogens is 1. The predicted molar refractivity (Wildman–Crippen MR) is 103 cm³/mol. The molecule has 1 fully saturated rings. The topological polar surface area (TPSA) is 57.7 Å². The molecule has 4 rings (SSSR count). The van der Waals surface area contributed by atoms with Crippen LogP contribution in [0.25, 0.3) is 6.08 Å². The molecule has 1 saturated heterocycles. The van der Waals surface area contributed by atoms with Gasteiger partial charge in [-0.1, -0.05) is 47.6 Å². The first-order valence-corrected chi connectivity index (χ1v) is 9.09. The van der Waals surface area contributed by atoms with Crippen molar-refractivity contribution in [3.05, 3.63) is 75.1 Å². The van der Waals surface area contributed by atoms with Crippen LogP contribution in [0.3, 0.4) is 0 Å². The van der Waals surface area contributed by atoms with E-state index in [1.54, 1.807) is 54.6 Å². The Balaban J connectivity index is 1.69. The van der Waals surface area contributed by atoms with Gasteiger partial charge in [0.05, 0.1) is 16.0 Å². The third-order valence-electron chi connectivity index (χ3n) is 3.89. The van der Waals surface area contributed by atoms with Gasteiger partial charge in [-0.05, 0) is 48.1 Å². The minimum absolute atomic E-state index is 0.123. The molecule has 0 radical (unpaired) electrons. The smallest absolute Gasteiger partial charge is 0.267 e. The van der Waals surface area contributed by atoms with Crippen LogP contribution >= 0.6 is 35.6 Å². The van der Waals surface area contributed by atoms with Crippen LogP contribution in [0, 0.1) is 0 Å². The van der Waals surface area contributed by atoms with Gasteiger partial charge < -0.3 is 0 Å². The van der Waals surface area contributed by atoms with Crippen molar-refractivity contribution in [3.63, 3.8) is 0 Å². The minimum atomic E-state index is -0.564. The quantitative estimate of drug-likeness (QED) is 0.436. The van der Waals surface area contributed by atoms with Gasteiger partial charge in [0.1, 0.15) is 0 Å². The van der Waals surface area contributed by atoms with E-state index in [1.807, 2.05) is 0 Å². The maximum atomic E-state index is 12.8. The first kappa shape index (κ1) is 17.0. The first-order valence-electron chi connectivity index (χ1n) is 7.48. The van der Waals surface area contributed by atoms with E-state index < -0.39 is 17.7 Å². The largest absolute Gasteiger partial charge is 0.285 e. The van der Waals surface area contributed by atoms with Crippen LogP contribution in [0.4, 0.5) is 0 Å². The van der Waals surface area contributed by atoms with Crippen molar-refractivity contribution < 1.29 is 14.4 Å². The standard InChI is InChI=1S/C18H9ClN2O3S2/c19-11-5-3-4-10(8-11)9-14-17(24)21(18(25)26-14)20-15(22)12-6-1-2-7-13(12)16(20)23/h1-9H/b14-9-. The Hall–Kier alpha value is -2.48. The summed E-state index contributed by atoms with van der Waals surface area (Å²) in [6.07, 6.45) is 1.63. The van der Waals surface area contributed by atoms with Gasteiger partial charge in [0.15, 0.2) is 4.32 Å². The molecule has 0 spiro atoms. The van der Waals surface area contributed by atoms with Crippen molar-refractivity contribution in [2.45, 2.75) is 0 Å². The summed E-state index contributed by atoms with van der Waals surface area (Å²) in [6, 6.07) is 13.4. The normalized spacial score (nSPS) is 18.3. The second-order valence-corrected chi connectivity index (χ2v) is 7.63. The number of imide groups is 1. The second-order valence-electron chi connectivity index (χ2n) is 5.52. The highest BCUT2D eigenvalue weighted by Gasteiger charge is 2.46. The van der Waals surface area contributed by atoms with Crippen molar-refractivity contribution in [3.8, 4) is 0 Å². The summed E-state index contributed by atoms with van der Waals surface area (Å²) < 4.78 is 0.123. The number of hydrazine groups is 1. The highest BCUT2D eigenvalue weighted by Crippen LogP contribution is 2.36. The van der Waals surface area contributed by atoms with Gasteiger partial charge in [0.25, 0.3) is 17.7 Å². The Bertz CT molecular complexity index is 1000. The van der Waals surface area contributed by atoms with Crippen LogP contribution in [0.1, 0.15) is 26.3 Å². The average molecular weight is 401 g/mol. The average Bonchev–Trinajstić information content (AvgIpc) is 3.02. The first-order chi connectivity index (χ1) is 12.5. The predicted octanol–water partition coefficient (Wildman–Crippen LogP) is 3.75. The summed E-state index contributed by atoms with van der Waals surface area (Å²) in [5.41, 5.74) is 1.23. The van der Waals surface area contributed by atoms with E-state index in [0.29, 0.717) is 9.93 Å². The molecule has 0 bridgehead atoms. The summed E-state index contributed by atoms with van der Waals surface area (Å²) in [5, 5.41) is 2.30. The van der Waals surface area contributed by atoms with Crippen molar-refractivity contribution in [2.75, 3.05) is 0 Å². The van der Waals surface area contributed by atoms with Crippen LogP contribution in [0.5, 0.6) is 0 Å². The maximum Gasteiger partial charge on any atom is 0.285 e. The van der Waals surface area contributed by atoms with Crippen LogP contribution in [0.15, 0.2) is 53.4 Å². The fourth-order valence-electron chi connectivity index (χ4n) is 2.74. The lowest BCUT2D eigenvalue weighted by atomic mass is 10.1. The van der Waals surface area contributed by atoms with Gasteiger partial charge in [-0.15, -0.1) is 0 Å². The van der Waals surface area contributed by atoms with Crippen LogP contribution in [-0.2, 0) is 4.79 Å².